The molecule has 0 atom stereocenters. The van der Waals surface area contributed by atoms with Crippen LogP contribution in [0.25, 0.3) is 0 Å². The fourth-order valence-corrected chi connectivity index (χ4v) is 2.48. The summed E-state index contributed by atoms with van der Waals surface area (Å²) in [5.41, 5.74) is 0.0637. The Balaban J connectivity index is 1.95. The van der Waals surface area contributed by atoms with Gasteiger partial charge >= 0.3 is 5.69 Å². The Hall–Kier alpha value is -3.03. The largest absolute Gasteiger partial charge is 0.494 e. The minimum atomic E-state index is -0.593. The fraction of sp³-hybridized carbons (Fsp3) is 0.312. The van der Waals surface area contributed by atoms with E-state index >= 15 is 0 Å². The molecular formula is C16H17N3O5. The molecule has 0 bridgehead atoms. The molecule has 1 aromatic heterocycles. The Morgan fingerprint density at radius 1 is 1.21 bits per heavy atom. The SMILES string of the molecule is CC(=NCc1ccc2c(c1)OCO2)c1c(O)n(C)c(=O)n(C)c1=O. The van der Waals surface area contributed by atoms with Crippen molar-refractivity contribution in [1.29, 1.82) is 0 Å². The number of aromatic hydroxyl groups is 1. The second kappa shape index (κ2) is 5.88. The van der Waals surface area contributed by atoms with Crippen LogP contribution >= 0.6 is 0 Å². The molecule has 3 rings (SSSR count). The van der Waals surface area contributed by atoms with Gasteiger partial charge in [0.05, 0.1) is 12.3 Å². The Bertz CT molecular complexity index is 955. The lowest BCUT2D eigenvalue weighted by atomic mass is 10.2. The molecule has 2 aromatic rings. The van der Waals surface area contributed by atoms with Crippen molar-refractivity contribution in [2.75, 3.05) is 6.79 Å². The van der Waals surface area contributed by atoms with Crippen LogP contribution in [0.5, 0.6) is 17.4 Å². The maximum absolute atomic E-state index is 12.2. The van der Waals surface area contributed by atoms with Crippen LogP contribution in [0, 0.1) is 0 Å². The van der Waals surface area contributed by atoms with E-state index in [1.807, 2.05) is 12.1 Å². The van der Waals surface area contributed by atoms with Gasteiger partial charge in [-0.2, -0.15) is 0 Å². The molecule has 2 heterocycles. The third-order valence-corrected chi connectivity index (χ3v) is 3.93. The van der Waals surface area contributed by atoms with Crippen LogP contribution in [-0.2, 0) is 20.6 Å². The molecule has 0 amide bonds. The van der Waals surface area contributed by atoms with E-state index < -0.39 is 17.1 Å². The smallest absolute Gasteiger partial charge is 0.333 e. The van der Waals surface area contributed by atoms with E-state index in [2.05, 4.69) is 4.99 Å². The molecule has 24 heavy (non-hydrogen) atoms. The lowest BCUT2D eigenvalue weighted by molar-refractivity contribution is 0.174. The number of hydrogen-bond donors (Lipinski definition) is 1. The summed E-state index contributed by atoms with van der Waals surface area (Å²) in [7, 11) is 2.75. The maximum Gasteiger partial charge on any atom is 0.333 e. The van der Waals surface area contributed by atoms with E-state index in [-0.39, 0.29) is 12.4 Å². The van der Waals surface area contributed by atoms with E-state index in [0.29, 0.717) is 23.8 Å². The second-order valence-corrected chi connectivity index (χ2v) is 5.49. The highest BCUT2D eigenvalue weighted by atomic mass is 16.7. The number of aliphatic imine (C=N–C) groups is 1. The average Bonchev–Trinajstić information content (AvgIpc) is 3.04. The van der Waals surface area contributed by atoms with Gasteiger partial charge in [-0.05, 0) is 24.6 Å². The molecule has 1 N–H and O–H groups in total. The minimum Gasteiger partial charge on any atom is -0.494 e. The molecule has 0 radical (unpaired) electrons. The molecule has 0 fully saturated rings. The van der Waals surface area contributed by atoms with Crippen LogP contribution in [0.15, 0.2) is 32.8 Å². The van der Waals surface area contributed by atoms with Crippen molar-refractivity contribution in [1.82, 2.24) is 9.13 Å². The average molecular weight is 331 g/mol. The molecule has 8 nitrogen and oxygen atoms in total. The van der Waals surface area contributed by atoms with Crippen LogP contribution < -0.4 is 20.7 Å². The van der Waals surface area contributed by atoms with Gasteiger partial charge in [-0.15, -0.1) is 0 Å². The van der Waals surface area contributed by atoms with Gasteiger partial charge in [0.2, 0.25) is 12.7 Å². The molecule has 0 aliphatic carbocycles. The van der Waals surface area contributed by atoms with Crippen molar-refractivity contribution in [3.63, 3.8) is 0 Å². The van der Waals surface area contributed by atoms with Gasteiger partial charge in [-0.1, -0.05) is 6.07 Å². The summed E-state index contributed by atoms with van der Waals surface area (Å²) >= 11 is 0. The summed E-state index contributed by atoms with van der Waals surface area (Å²) in [6.07, 6.45) is 0. The molecule has 1 aliphatic heterocycles. The molecule has 1 aromatic carbocycles. The predicted octanol–water partition coefficient (Wildman–Crippen LogP) is 0.527. The van der Waals surface area contributed by atoms with Crippen molar-refractivity contribution in [3.05, 3.63) is 50.2 Å². The number of benzene rings is 1. The van der Waals surface area contributed by atoms with Crippen molar-refractivity contribution in [2.45, 2.75) is 13.5 Å². The van der Waals surface area contributed by atoms with Gasteiger partial charge in [0.25, 0.3) is 5.56 Å². The number of hydrogen-bond acceptors (Lipinski definition) is 6. The van der Waals surface area contributed by atoms with Gasteiger partial charge in [-0.3, -0.25) is 18.9 Å². The first-order chi connectivity index (χ1) is 11.4. The normalized spacial score (nSPS) is 13.4. The van der Waals surface area contributed by atoms with Crippen molar-refractivity contribution >= 4 is 5.71 Å². The highest BCUT2D eigenvalue weighted by molar-refractivity contribution is 6.00. The van der Waals surface area contributed by atoms with E-state index in [1.165, 1.54) is 14.1 Å². The van der Waals surface area contributed by atoms with Crippen LogP contribution in [0.2, 0.25) is 0 Å². The van der Waals surface area contributed by atoms with Gasteiger partial charge in [0, 0.05) is 14.1 Å². The first kappa shape index (κ1) is 15.9. The third kappa shape index (κ3) is 2.55. The van der Waals surface area contributed by atoms with Crippen molar-refractivity contribution in [2.24, 2.45) is 19.1 Å². The molecule has 0 unspecified atom stereocenters. The summed E-state index contributed by atoms with van der Waals surface area (Å²) < 4.78 is 12.5. The topological polar surface area (TPSA) is 95.0 Å². The number of nitrogens with zero attached hydrogens (tertiary/aromatic N) is 3. The Morgan fingerprint density at radius 2 is 1.92 bits per heavy atom. The van der Waals surface area contributed by atoms with E-state index in [1.54, 1.807) is 13.0 Å². The Morgan fingerprint density at radius 3 is 2.67 bits per heavy atom. The molecule has 0 spiro atoms. The van der Waals surface area contributed by atoms with Gasteiger partial charge < -0.3 is 14.6 Å². The quantitative estimate of drug-likeness (QED) is 0.828. The standard InChI is InChI=1S/C16H17N3O5/c1-9(13-14(20)18(2)16(22)19(3)15(13)21)17-7-10-4-5-11-12(6-10)24-8-23-11/h4-6,20H,7-8H2,1-3H3. The number of fused-ring (bicyclic) bond motifs is 1. The minimum absolute atomic E-state index is 0.0142. The fourth-order valence-electron chi connectivity index (χ4n) is 2.48. The monoisotopic (exact) mass is 331 g/mol. The third-order valence-electron chi connectivity index (χ3n) is 3.93. The first-order valence-corrected chi connectivity index (χ1v) is 7.29. The number of ether oxygens (including phenoxy) is 2. The zero-order valence-corrected chi connectivity index (χ0v) is 13.6. The molecule has 1 aliphatic rings. The molecule has 126 valence electrons. The van der Waals surface area contributed by atoms with Crippen LogP contribution in [0.4, 0.5) is 0 Å². The van der Waals surface area contributed by atoms with Gasteiger partial charge in [-0.25, -0.2) is 4.79 Å². The summed E-state index contributed by atoms with van der Waals surface area (Å²) in [5.74, 6) is 0.945. The highest BCUT2D eigenvalue weighted by Gasteiger charge is 2.17. The molecule has 8 heteroatoms. The zero-order chi connectivity index (χ0) is 17.4. The van der Waals surface area contributed by atoms with E-state index in [9.17, 15) is 14.7 Å². The first-order valence-electron chi connectivity index (χ1n) is 7.29. The molecule has 0 saturated carbocycles. The van der Waals surface area contributed by atoms with E-state index in [4.69, 9.17) is 9.47 Å². The van der Waals surface area contributed by atoms with Gasteiger partial charge in [0.1, 0.15) is 5.56 Å². The number of rotatable bonds is 3. The Labute approximate surface area is 137 Å². The van der Waals surface area contributed by atoms with Crippen LogP contribution in [-0.4, -0.2) is 26.7 Å². The van der Waals surface area contributed by atoms with Crippen LogP contribution in [0.1, 0.15) is 18.1 Å². The number of aromatic nitrogens is 2. The summed E-state index contributed by atoms with van der Waals surface area (Å²) in [6, 6.07) is 5.46. The highest BCUT2D eigenvalue weighted by Crippen LogP contribution is 2.32. The summed E-state index contributed by atoms with van der Waals surface area (Å²) in [6.45, 7) is 2.12. The van der Waals surface area contributed by atoms with Gasteiger partial charge in [0.15, 0.2) is 11.5 Å². The lowest BCUT2D eigenvalue weighted by Gasteiger charge is -2.10. The molecule has 0 saturated heterocycles. The predicted molar refractivity (Wildman–Crippen MR) is 87.1 cm³/mol. The summed E-state index contributed by atoms with van der Waals surface area (Å²) in [4.78, 5) is 28.4. The van der Waals surface area contributed by atoms with Crippen molar-refractivity contribution < 1.29 is 14.6 Å². The zero-order valence-electron chi connectivity index (χ0n) is 13.6. The molecular weight excluding hydrogens is 314 g/mol. The van der Waals surface area contributed by atoms with Crippen LogP contribution in [0.3, 0.4) is 0 Å². The lowest BCUT2D eigenvalue weighted by Crippen LogP contribution is -2.39. The summed E-state index contributed by atoms with van der Waals surface area (Å²) in [5, 5.41) is 10.1. The second-order valence-electron chi connectivity index (χ2n) is 5.49. The Kier molecular flexibility index (Phi) is 3.88. The van der Waals surface area contributed by atoms with E-state index in [0.717, 1.165) is 14.7 Å². The van der Waals surface area contributed by atoms with Crippen molar-refractivity contribution in [3.8, 4) is 17.4 Å². The maximum atomic E-state index is 12.2.